The summed E-state index contributed by atoms with van der Waals surface area (Å²) in [6.45, 7) is 3.08. The second-order valence-electron chi connectivity index (χ2n) is 8.39. The van der Waals surface area contributed by atoms with Gasteiger partial charge in [0.05, 0.1) is 31.9 Å². The fourth-order valence-corrected chi connectivity index (χ4v) is 6.37. The molecule has 4 aliphatic rings. The third kappa shape index (κ3) is 1.95. The van der Waals surface area contributed by atoms with Gasteiger partial charge in [-0.15, -0.1) is 0 Å². The van der Waals surface area contributed by atoms with Crippen LogP contribution in [-0.4, -0.2) is 52.6 Å². The zero-order valence-electron chi connectivity index (χ0n) is 16.3. The molecule has 4 bridgehead atoms. The lowest BCUT2D eigenvalue weighted by molar-refractivity contribution is -0.141. The number of benzene rings is 1. The number of para-hydroxylation sites is 1. The summed E-state index contributed by atoms with van der Waals surface area (Å²) in [6.07, 6.45) is 4.01. The quantitative estimate of drug-likeness (QED) is 0.817. The van der Waals surface area contributed by atoms with Crippen molar-refractivity contribution in [2.24, 2.45) is 18.4 Å². The number of hydrogen-bond acceptors (Lipinski definition) is 4. The Morgan fingerprint density at radius 3 is 2.74 bits per heavy atom. The van der Waals surface area contributed by atoms with Crippen LogP contribution in [0.2, 0.25) is 0 Å². The van der Waals surface area contributed by atoms with Crippen molar-refractivity contribution in [3.05, 3.63) is 41.1 Å². The molecule has 1 aromatic heterocycles. The van der Waals surface area contributed by atoms with Crippen molar-refractivity contribution in [2.75, 3.05) is 26.9 Å². The van der Waals surface area contributed by atoms with E-state index in [0.717, 1.165) is 30.7 Å². The molecule has 2 unspecified atom stereocenters. The molecule has 2 aromatic rings. The molecule has 1 aromatic carbocycles. The summed E-state index contributed by atoms with van der Waals surface area (Å²) in [5.41, 5.74) is 4.81. The Morgan fingerprint density at radius 2 is 2.07 bits per heavy atom. The zero-order chi connectivity index (χ0) is 18.9. The van der Waals surface area contributed by atoms with Gasteiger partial charge in [-0.05, 0) is 37.3 Å². The number of aliphatic hydroxyl groups is 2. The molecule has 2 N–H and O–H groups in total. The standard InChI is InChI=1S/C22H28N2O3/c1-4-13-10-24-17-9-16(13)22(11-25,12-26)19(24)8-15-14-6-5-7-18(27-3)21(14)23(2)20(15)17/h4-7,16-17,19,25-26H,8-12H2,1-3H3/b13-4-/t16?,17-,19-/m0/s1. The number of aliphatic hydroxyl groups excluding tert-OH is 2. The number of nitrogens with zero attached hydrogens (tertiary/aromatic N) is 2. The van der Waals surface area contributed by atoms with Crippen molar-refractivity contribution in [3.63, 3.8) is 0 Å². The van der Waals surface area contributed by atoms with Gasteiger partial charge in [-0.2, -0.15) is 0 Å². The Hall–Kier alpha value is -1.82. The SMILES string of the molecule is C/C=C1/CN2[C@H]3Cc4c(n(C)c5c(OC)cccc45)[C@@H]2CC1C3(CO)CO. The highest BCUT2D eigenvalue weighted by molar-refractivity contribution is 5.91. The maximum absolute atomic E-state index is 10.4. The monoisotopic (exact) mass is 368 g/mol. The number of hydrogen-bond donors (Lipinski definition) is 2. The highest BCUT2D eigenvalue weighted by atomic mass is 16.5. The first-order valence-electron chi connectivity index (χ1n) is 9.88. The molecule has 0 amide bonds. The van der Waals surface area contributed by atoms with Gasteiger partial charge in [0.1, 0.15) is 5.75 Å². The Kier molecular flexibility index (Phi) is 3.74. The minimum atomic E-state index is -0.463. The Labute approximate surface area is 159 Å². The van der Waals surface area contributed by atoms with Gasteiger partial charge in [0, 0.05) is 36.1 Å². The molecular weight excluding hydrogens is 340 g/mol. The van der Waals surface area contributed by atoms with Crippen molar-refractivity contribution in [3.8, 4) is 5.75 Å². The predicted molar refractivity (Wildman–Crippen MR) is 105 cm³/mol. The molecule has 4 aliphatic heterocycles. The van der Waals surface area contributed by atoms with Gasteiger partial charge in [0.2, 0.25) is 0 Å². The van der Waals surface area contributed by atoms with Crippen molar-refractivity contribution in [1.29, 1.82) is 0 Å². The summed E-state index contributed by atoms with van der Waals surface area (Å²) in [4.78, 5) is 2.54. The predicted octanol–water partition coefficient (Wildman–Crippen LogP) is 2.41. The minimum absolute atomic E-state index is 0.0306. The number of aromatic nitrogens is 1. The lowest BCUT2D eigenvalue weighted by Gasteiger charge is -2.63. The van der Waals surface area contributed by atoms with E-state index in [-0.39, 0.29) is 25.2 Å². The van der Waals surface area contributed by atoms with Crippen LogP contribution in [0.1, 0.15) is 30.6 Å². The van der Waals surface area contributed by atoms with Gasteiger partial charge >= 0.3 is 0 Å². The van der Waals surface area contributed by atoms with Gasteiger partial charge < -0.3 is 19.5 Å². The molecule has 0 aliphatic carbocycles. The fraction of sp³-hybridized carbons (Fsp3) is 0.545. The van der Waals surface area contributed by atoms with Gasteiger partial charge in [-0.25, -0.2) is 0 Å². The molecule has 6 rings (SSSR count). The maximum Gasteiger partial charge on any atom is 0.143 e. The number of rotatable bonds is 3. The molecule has 4 atom stereocenters. The average molecular weight is 368 g/mol. The van der Waals surface area contributed by atoms with E-state index in [1.165, 1.54) is 22.2 Å². The van der Waals surface area contributed by atoms with Gasteiger partial charge in [-0.1, -0.05) is 23.8 Å². The first-order valence-corrected chi connectivity index (χ1v) is 9.88. The van der Waals surface area contributed by atoms with Gasteiger partial charge in [-0.3, -0.25) is 4.90 Å². The largest absolute Gasteiger partial charge is 0.495 e. The second kappa shape index (κ2) is 5.84. The summed E-state index contributed by atoms with van der Waals surface area (Å²) in [6, 6.07) is 6.77. The third-order valence-corrected chi connectivity index (χ3v) is 7.65. The summed E-state index contributed by atoms with van der Waals surface area (Å²) >= 11 is 0. The number of methoxy groups -OCH3 is 1. The second-order valence-corrected chi connectivity index (χ2v) is 8.39. The van der Waals surface area contributed by atoms with E-state index in [9.17, 15) is 10.2 Å². The van der Waals surface area contributed by atoms with E-state index < -0.39 is 5.41 Å². The van der Waals surface area contributed by atoms with Crippen LogP contribution < -0.4 is 4.74 Å². The molecule has 5 heterocycles. The van der Waals surface area contributed by atoms with Crippen LogP contribution in [0.4, 0.5) is 0 Å². The van der Waals surface area contributed by atoms with Crippen LogP contribution >= 0.6 is 0 Å². The molecule has 0 spiro atoms. The fourth-order valence-electron chi connectivity index (χ4n) is 6.37. The average Bonchev–Trinajstić information content (AvgIpc) is 3.00. The maximum atomic E-state index is 10.4. The summed E-state index contributed by atoms with van der Waals surface area (Å²) in [7, 11) is 3.88. The molecular formula is C22H28N2O3. The summed E-state index contributed by atoms with van der Waals surface area (Å²) in [5, 5.41) is 22.0. The molecule has 0 saturated carbocycles. The van der Waals surface area contributed by atoms with E-state index >= 15 is 0 Å². The molecule has 5 heteroatoms. The lowest BCUT2D eigenvalue weighted by Crippen LogP contribution is -2.68. The number of fused-ring (bicyclic) bond motifs is 4. The zero-order valence-corrected chi connectivity index (χ0v) is 16.3. The van der Waals surface area contributed by atoms with E-state index in [0.29, 0.717) is 6.04 Å². The van der Waals surface area contributed by atoms with Crippen LogP contribution in [-0.2, 0) is 13.5 Å². The lowest BCUT2D eigenvalue weighted by atomic mass is 9.55. The Balaban J connectivity index is 1.76. The van der Waals surface area contributed by atoms with Gasteiger partial charge in [0.25, 0.3) is 0 Å². The smallest absolute Gasteiger partial charge is 0.143 e. The van der Waals surface area contributed by atoms with Crippen LogP contribution in [0.3, 0.4) is 0 Å². The van der Waals surface area contributed by atoms with Crippen molar-refractivity contribution >= 4 is 10.9 Å². The number of ether oxygens (including phenoxy) is 1. The topological polar surface area (TPSA) is 57.9 Å². The molecule has 144 valence electrons. The van der Waals surface area contributed by atoms with Crippen molar-refractivity contribution < 1.29 is 14.9 Å². The van der Waals surface area contributed by atoms with Gasteiger partial charge in [0.15, 0.2) is 0 Å². The molecule has 0 radical (unpaired) electrons. The first-order chi connectivity index (χ1) is 13.1. The van der Waals surface area contributed by atoms with Crippen molar-refractivity contribution in [1.82, 2.24) is 9.47 Å². The van der Waals surface area contributed by atoms with E-state index in [1.807, 2.05) is 6.07 Å². The number of allylic oxidation sites excluding steroid dienone is 1. The summed E-state index contributed by atoms with van der Waals surface area (Å²) < 4.78 is 7.97. The Morgan fingerprint density at radius 1 is 1.30 bits per heavy atom. The summed E-state index contributed by atoms with van der Waals surface area (Å²) in [5.74, 6) is 1.15. The van der Waals surface area contributed by atoms with Crippen molar-refractivity contribution in [2.45, 2.75) is 31.8 Å². The Bertz CT molecular complexity index is 941. The van der Waals surface area contributed by atoms with Crippen LogP contribution in [0, 0.1) is 11.3 Å². The molecule has 3 saturated heterocycles. The molecule has 5 nitrogen and oxygen atoms in total. The normalized spacial score (nSPS) is 32.1. The molecule has 27 heavy (non-hydrogen) atoms. The number of aryl methyl sites for hydroxylation is 1. The first kappa shape index (κ1) is 17.3. The van der Waals surface area contributed by atoms with Crippen LogP contribution in [0.5, 0.6) is 5.75 Å². The van der Waals surface area contributed by atoms with E-state index in [4.69, 9.17) is 4.74 Å². The van der Waals surface area contributed by atoms with Crippen LogP contribution in [0.15, 0.2) is 29.8 Å². The van der Waals surface area contributed by atoms with Crippen LogP contribution in [0.25, 0.3) is 10.9 Å². The van der Waals surface area contributed by atoms with E-state index in [2.05, 4.69) is 41.6 Å². The highest BCUT2D eigenvalue weighted by Gasteiger charge is 2.60. The van der Waals surface area contributed by atoms with E-state index in [1.54, 1.807) is 7.11 Å². The number of piperidine rings is 3. The third-order valence-electron chi connectivity index (χ3n) is 7.65. The minimum Gasteiger partial charge on any atom is -0.495 e. The molecule has 3 fully saturated rings. The highest BCUT2D eigenvalue weighted by Crippen LogP contribution is 2.59.